The molecule has 1 saturated carbocycles. The van der Waals surface area contributed by atoms with E-state index in [1.807, 2.05) is 0 Å². The number of hydrogen-bond donors (Lipinski definition) is 2. The Hall–Kier alpha value is -0.120. The average Bonchev–Trinajstić information content (AvgIpc) is 2.47. The normalized spacial score (nSPS) is 33.0. The maximum atomic E-state index is 9.94. The molecule has 21 heavy (non-hydrogen) atoms. The second kappa shape index (κ2) is 7.43. The van der Waals surface area contributed by atoms with Crippen molar-refractivity contribution in [2.75, 3.05) is 19.7 Å². The highest BCUT2D eigenvalue weighted by atomic mass is 16.3. The largest absolute Gasteiger partial charge is 0.394 e. The summed E-state index contributed by atoms with van der Waals surface area (Å²) in [5, 5.41) is 13.6. The molecule has 0 aromatic heterocycles. The van der Waals surface area contributed by atoms with Gasteiger partial charge >= 0.3 is 0 Å². The lowest BCUT2D eigenvalue weighted by atomic mass is 9.77. The first-order chi connectivity index (χ1) is 9.96. The summed E-state index contributed by atoms with van der Waals surface area (Å²) in [6, 6.07) is 1.12. The molecule has 3 heteroatoms. The molecule has 0 radical (unpaired) electrons. The van der Waals surface area contributed by atoms with Crippen LogP contribution in [-0.2, 0) is 0 Å². The molecule has 2 fully saturated rings. The smallest absolute Gasteiger partial charge is 0.0613 e. The first-order valence-electron chi connectivity index (χ1n) is 9.08. The van der Waals surface area contributed by atoms with Crippen molar-refractivity contribution in [1.29, 1.82) is 0 Å². The van der Waals surface area contributed by atoms with E-state index in [2.05, 4.69) is 37.9 Å². The molecule has 2 atom stereocenters. The fourth-order valence-corrected chi connectivity index (χ4v) is 4.53. The van der Waals surface area contributed by atoms with Gasteiger partial charge in [-0.1, -0.05) is 27.7 Å². The number of likely N-dealkylation sites (tertiary alicyclic amines) is 1. The maximum Gasteiger partial charge on any atom is 0.0613 e. The van der Waals surface area contributed by atoms with E-state index >= 15 is 0 Å². The van der Waals surface area contributed by atoms with Crippen LogP contribution in [0.5, 0.6) is 0 Å². The summed E-state index contributed by atoms with van der Waals surface area (Å²) in [6.45, 7) is 11.9. The van der Waals surface area contributed by atoms with Gasteiger partial charge in [0.1, 0.15) is 0 Å². The molecule has 2 rings (SSSR count). The second-order valence-corrected chi connectivity index (χ2v) is 8.11. The van der Waals surface area contributed by atoms with E-state index in [0.717, 1.165) is 24.7 Å². The van der Waals surface area contributed by atoms with Crippen LogP contribution in [0.2, 0.25) is 0 Å². The fraction of sp³-hybridized carbons (Fsp3) is 1.00. The Kier molecular flexibility index (Phi) is 6.10. The number of rotatable bonds is 5. The van der Waals surface area contributed by atoms with Gasteiger partial charge in [0, 0.05) is 17.6 Å². The van der Waals surface area contributed by atoms with Crippen LogP contribution in [0.4, 0.5) is 0 Å². The summed E-state index contributed by atoms with van der Waals surface area (Å²) in [4.78, 5) is 2.71. The molecular formula is C18H36N2O. The topological polar surface area (TPSA) is 35.5 Å². The summed E-state index contributed by atoms with van der Waals surface area (Å²) in [5.41, 5.74) is -0.0357. The highest BCUT2D eigenvalue weighted by Crippen LogP contribution is 2.34. The van der Waals surface area contributed by atoms with Crippen molar-refractivity contribution in [3.63, 3.8) is 0 Å². The van der Waals surface area contributed by atoms with Crippen molar-refractivity contribution >= 4 is 0 Å². The van der Waals surface area contributed by atoms with E-state index in [1.165, 1.54) is 38.8 Å². The van der Waals surface area contributed by atoms with Gasteiger partial charge in [-0.25, -0.2) is 0 Å². The molecule has 1 heterocycles. The second-order valence-electron chi connectivity index (χ2n) is 8.11. The monoisotopic (exact) mass is 296 g/mol. The van der Waals surface area contributed by atoms with Crippen molar-refractivity contribution in [3.05, 3.63) is 0 Å². The highest BCUT2D eigenvalue weighted by molar-refractivity contribution is 4.98. The van der Waals surface area contributed by atoms with Crippen molar-refractivity contribution in [2.45, 2.75) is 83.8 Å². The lowest BCUT2D eigenvalue weighted by Crippen LogP contribution is -2.58. The van der Waals surface area contributed by atoms with Gasteiger partial charge in [0.05, 0.1) is 6.61 Å². The van der Waals surface area contributed by atoms with E-state index in [9.17, 15) is 5.11 Å². The van der Waals surface area contributed by atoms with Crippen LogP contribution < -0.4 is 5.32 Å². The average molecular weight is 296 g/mol. The van der Waals surface area contributed by atoms with Crippen molar-refractivity contribution < 1.29 is 5.11 Å². The van der Waals surface area contributed by atoms with Gasteiger partial charge in [-0.3, -0.25) is 0 Å². The molecule has 2 N–H and O–H groups in total. The van der Waals surface area contributed by atoms with E-state index in [0.29, 0.717) is 12.1 Å². The Morgan fingerprint density at radius 1 is 1.14 bits per heavy atom. The molecule has 0 bridgehead atoms. The summed E-state index contributed by atoms with van der Waals surface area (Å²) < 4.78 is 0. The van der Waals surface area contributed by atoms with Gasteiger partial charge in [0.25, 0.3) is 0 Å². The van der Waals surface area contributed by atoms with Gasteiger partial charge in [0.15, 0.2) is 0 Å². The van der Waals surface area contributed by atoms with Gasteiger partial charge in [-0.15, -0.1) is 0 Å². The first-order valence-corrected chi connectivity index (χ1v) is 9.08. The Labute approximate surface area is 131 Å². The van der Waals surface area contributed by atoms with Gasteiger partial charge in [0.2, 0.25) is 0 Å². The van der Waals surface area contributed by atoms with Crippen LogP contribution in [-0.4, -0.2) is 47.3 Å². The third-order valence-corrected chi connectivity index (χ3v) is 5.75. The van der Waals surface area contributed by atoms with Gasteiger partial charge < -0.3 is 15.3 Å². The molecule has 0 amide bonds. The number of aliphatic hydroxyl groups excluding tert-OH is 1. The molecule has 1 aliphatic heterocycles. The molecule has 124 valence electrons. The first kappa shape index (κ1) is 17.2. The quantitative estimate of drug-likeness (QED) is 0.818. The zero-order valence-corrected chi connectivity index (χ0v) is 14.6. The van der Waals surface area contributed by atoms with Gasteiger partial charge in [-0.2, -0.15) is 0 Å². The van der Waals surface area contributed by atoms with Gasteiger partial charge in [-0.05, 0) is 63.5 Å². The minimum Gasteiger partial charge on any atom is -0.394 e. The van der Waals surface area contributed by atoms with E-state index < -0.39 is 0 Å². The Morgan fingerprint density at radius 3 is 2.33 bits per heavy atom. The molecule has 1 aliphatic carbocycles. The third-order valence-electron chi connectivity index (χ3n) is 5.75. The summed E-state index contributed by atoms with van der Waals surface area (Å²) in [5.74, 6) is 1.75. The minimum absolute atomic E-state index is 0.0357. The summed E-state index contributed by atoms with van der Waals surface area (Å²) >= 11 is 0. The number of hydrogen-bond acceptors (Lipinski definition) is 3. The van der Waals surface area contributed by atoms with Crippen molar-refractivity contribution in [2.24, 2.45) is 11.8 Å². The zero-order chi connectivity index (χ0) is 15.5. The Balaban J connectivity index is 1.92. The predicted octanol–water partition coefficient (Wildman–Crippen LogP) is 3.03. The Morgan fingerprint density at radius 2 is 1.81 bits per heavy atom. The van der Waals surface area contributed by atoms with Crippen LogP contribution in [0.15, 0.2) is 0 Å². The highest BCUT2D eigenvalue weighted by Gasteiger charge is 2.39. The van der Waals surface area contributed by atoms with Crippen LogP contribution in [0.25, 0.3) is 0 Å². The third kappa shape index (κ3) is 4.43. The van der Waals surface area contributed by atoms with E-state index in [-0.39, 0.29) is 12.1 Å². The number of nitrogens with one attached hydrogen (secondary N) is 1. The minimum atomic E-state index is -0.0357. The molecular weight excluding hydrogens is 260 g/mol. The number of aliphatic hydroxyl groups is 1. The predicted molar refractivity (Wildman–Crippen MR) is 89.5 cm³/mol. The zero-order valence-electron chi connectivity index (χ0n) is 14.6. The molecule has 2 unspecified atom stereocenters. The molecule has 1 saturated heterocycles. The molecule has 2 aliphatic rings. The van der Waals surface area contributed by atoms with Crippen molar-refractivity contribution in [1.82, 2.24) is 10.2 Å². The molecule has 0 spiro atoms. The molecule has 3 nitrogen and oxygen atoms in total. The van der Waals surface area contributed by atoms with Crippen LogP contribution >= 0.6 is 0 Å². The SMILES string of the molecule is CC(C)NC1(CO)CCCC(N2CCC(C(C)C)CC2)C1. The molecule has 0 aromatic carbocycles. The number of piperidine rings is 1. The van der Waals surface area contributed by atoms with E-state index in [1.54, 1.807) is 0 Å². The summed E-state index contributed by atoms with van der Waals surface area (Å²) in [6.07, 6.45) is 7.52. The summed E-state index contributed by atoms with van der Waals surface area (Å²) in [7, 11) is 0. The van der Waals surface area contributed by atoms with Crippen LogP contribution in [0.3, 0.4) is 0 Å². The van der Waals surface area contributed by atoms with Crippen LogP contribution in [0.1, 0.15) is 66.2 Å². The van der Waals surface area contributed by atoms with Crippen LogP contribution in [0, 0.1) is 11.8 Å². The van der Waals surface area contributed by atoms with Crippen molar-refractivity contribution in [3.8, 4) is 0 Å². The standard InChI is InChI=1S/C18H36N2O/c1-14(2)16-7-10-20(11-8-16)17-6-5-9-18(12-17,13-21)19-15(3)4/h14-17,19,21H,5-13H2,1-4H3. The number of nitrogens with zero attached hydrogens (tertiary/aromatic N) is 1. The lowest BCUT2D eigenvalue weighted by molar-refractivity contribution is 0.0345. The Bertz CT molecular complexity index is 310. The molecule has 0 aromatic rings. The fourth-order valence-electron chi connectivity index (χ4n) is 4.53. The maximum absolute atomic E-state index is 9.94. The van der Waals surface area contributed by atoms with E-state index in [4.69, 9.17) is 0 Å². The lowest BCUT2D eigenvalue weighted by Gasteiger charge is -2.47.